The predicted octanol–water partition coefficient (Wildman–Crippen LogP) is 3.87. The maximum Gasteiger partial charge on any atom is 0.237 e. The van der Waals surface area contributed by atoms with Gasteiger partial charge in [0.05, 0.1) is 13.1 Å². The maximum absolute atomic E-state index is 12.9. The average Bonchev–Trinajstić information content (AvgIpc) is 3.26. The fraction of sp³-hybridized carbons (Fsp3) is 0.136. The Morgan fingerprint density at radius 2 is 1.66 bits per heavy atom. The molecule has 7 heteroatoms. The van der Waals surface area contributed by atoms with Crippen molar-refractivity contribution in [2.45, 2.75) is 13.1 Å². The second-order valence-corrected chi connectivity index (χ2v) is 9.22. The van der Waals surface area contributed by atoms with E-state index in [0.29, 0.717) is 6.54 Å². The van der Waals surface area contributed by atoms with Gasteiger partial charge in [-0.1, -0.05) is 66.7 Å². The molecular formula is C22H22N2O3S2. The molecule has 0 aliphatic heterocycles. The molecule has 0 fully saturated rings. The molecule has 0 saturated carbocycles. The third-order valence-electron chi connectivity index (χ3n) is 4.15. The Hall–Kier alpha value is -2.74. The maximum atomic E-state index is 12.9. The van der Waals surface area contributed by atoms with Gasteiger partial charge >= 0.3 is 0 Å². The highest BCUT2D eigenvalue weighted by Gasteiger charge is 2.22. The van der Waals surface area contributed by atoms with E-state index in [2.05, 4.69) is 5.32 Å². The highest BCUT2D eigenvalue weighted by atomic mass is 32.2. The molecule has 0 atom stereocenters. The third-order valence-corrected chi connectivity index (χ3v) is 6.49. The van der Waals surface area contributed by atoms with Crippen molar-refractivity contribution < 1.29 is 13.2 Å². The minimum absolute atomic E-state index is 0.120. The summed E-state index contributed by atoms with van der Waals surface area (Å²) in [5.74, 6) is -0.342. The van der Waals surface area contributed by atoms with Crippen LogP contribution in [0.25, 0.3) is 6.08 Å². The summed E-state index contributed by atoms with van der Waals surface area (Å²) in [4.78, 5) is 13.4. The predicted molar refractivity (Wildman–Crippen MR) is 117 cm³/mol. The average molecular weight is 427 g/mol. The van der Waals surface area contributed by atoms with Gasteiger partial charge in [0, 0.05) is 16.8 Å². The van der Waals surface area contributed by atoms with Crippen molar-refractivity contribution in [3.8, 4) is 0 Å². The van der Waals surface area contributed by atoms with Gasteiger partial charge in [-0.05, 0) is 28.6 Å². The Balaban J connectivity index is 1.74. The number of carbonyl (C=O) groups is 1. The third kappa shape index (κ3) is 6.67. The number of thiophene rings is 1. The van der Waals surface area contributed by atoms with Crippen molar-refractivity contribution in [3.05, 3.63) is 99.6 Å². The van der Waals surface area contributed by atoms with Crippen molar-refractivity contribution in [2.75, 3.05) is 6.54 Å². The van der Waals surface area contributed by atoms with Crippen LogP contribution in [0.5, 0.6) is 0 Å². The molecule has 1 N–H and O–H groups in total. The van der Waals surface area contributed by atoms with Gasteiger partial charge in [0.25, 0.3) is 0 Å². The molecule has 150 valence electrons. The van der Waals surface area contributed by atoms with Crippen LogP contribution in [0.4, 0.5) is 0 Å². The van der Waals surface area contributed by atoms with Gasteiger partial charge in [0.15, 0.2) is 0 Å². The van der Waals surface area contributed by atoms with E-state index in [9.17, 15) is 13.2 Å². The van der Waals surface area contributed by atoms with Crippen LogP contribution in [-0.4, -0.2) is 25.2 Å². The lowest BCUT2D eigenvalue weighted by atomic mass is 10.2. The zero-order chi connectivity index (χ0) is 20.5. The van der Waals surface area contributed by atoms with E-state index in [-0.39, 0.29) is 19.0 Å². The van der Waals surface area contributed by atoms with E-state index >= 15 is 0 Å². The summed E-state index contributed by atoms with van der Waals surface area (Å²) in [5, 5.41) is 5.87. The smallest absolute Gasteiger partial charge is 0.237 e. The zero-order valence-electron chi connectivity index (χ0n) is 15.8. The molecular weight excluding hydrogens is 404 g/mol. The van der Waals surface area contributed by atoms with Crippen LogP contribution in [-0.2, 0) is 27.9 Å². The topological polar surface area (TPSA) is 66.5 Å². The Morgan fingerprint density at radius 3 is 2.31 bits per heavy atom. The standard InChI is InChI=1S/C22H22N2O3S2/c25-22(23-16-21-12-7-14-28-21)18-24(17-20-10-5-2-6-11-20)29(26,27)15-13-19-8-3-1-4-9-19/h1-15H,16-18H2,(H,23,25)/b15-13+. The highest BCUT2D eigenvalue weighted by Crippen LogP contribution is 2.13. The molecule has 1 aromatic heterocycles. The number of sulfonamides is 1. The van der Waals surface area contributed by atoms with E-state index in [1.807, 2.05) is 78.2 Å². The van der Waals surface area contributed by atoms with E-state index in [0.717, 1.165) is 21.4 Å². The van der Waals surface area contributed by atoms with Gasteiger partial charge in [0.1, 0.15) is 0 Å². The number of nitrogens with one attached hydrogen (secondary N) is 1. The van der Waals surface area contributed by atoms with Crippen molar-refractivity contribution in [3.63, 3.8) is 0 Å². The lowest BCUT2D eigenvalue weighted by Crippen LogP contribution is -2.39. The first-order chi connectivity index (χ1) is 14.0. The first kappa shape index (κ1) is 21.0. The van der Waals surface area contributed by atoms with Gasteiger partial charge < -0.3 is 5.32 Å². The van der Waals surface area contributed by atoms with E-state index in [4.69, 9.17) is 0 Å². The molecule has 1 amide bonds. The lowest BCUT2D eigenvalue weighted by Gasteiger charge is -2.20. The molecule has 0 aliphatic rings. The summed E-state index contributed by atoms with van der Waals surface area (Å²) in [6.07, 6.45) is 1.54. The number of carbonyl (C=O) groups excluding carboxylic acids is 1. The summed E-state index contributed by atoms with van der Waals surface area (Å²) >= 11 is 1.54. The first-order valence-corrected chi connectivity index (χ1v) is 11.5. The van der Waals surface area contributed by atoms with Crippen LogP contribution in [0.15, 0.2) is 83.6 Å². The molecule has 3 rings (SSSR count). The Labute approximate surface area is 175 Å². The van der Waals surface area contributed by atoms with Crippen LogP contribution >= 0.6 is 11.3 Å². The minimum Gasteiger partial charge on any atom is -0.350 e. The second-order valence-electron chi connectivity index (χ2n) is 6.37. The zero-order valence-corrected chi connectivity index (χ0v) is 17.4. The number of hydrogen-bond acceptors (Lipinski definition) is 4. The van der Waals surface area contributed by atoms with E-state index in [1.165, 1.54) is 21.7 Å². The fourth-order valence-corrected chi connectivity index (χ4v) is 4.42. The van der Waals surface area contributed by atoms with E-state index in [1.54, 1.807) is 0 Å². The molecule has 0 unspecified atom stereocenters. The largest absolute Gasteiger partial charge is 0.350 e. The second kappa shape index (κ2) is 10.2. The normalized spacial score (nSPS) is 11.8. The molecule has 0 bridgehead atoms. The molecule has 5 nitrogen and oxygen atoms in total. The van der Waals surface area contributed by atoms with Gasteiger partial charge in [-0.3, -0.25) is 4.79 Å². The number of amides is 1. The SMILES string of the molecule is O=C(CN(Cc1ccccc1)S(=O)(=O)/C=C/c1ccccc1)NCc1cccs1. The van der Waals surface area contributed by atoms with Gasteiger partial charge in [-0.2, -0.15) is 4.31 Å². The molecule has 0 spiro atoms. The van der Waals surface area contributed by atoms with Gasteiger partial charge in [-0.25, -0.2) is 8.42 Å². The van der Waals surface area contributed by atoms with Crippen molar-refractivity contribution >= 4 is 33.3 Å². The molecule has 0 saturated heterocycles. The number of hydrogen-bond donors (Lipinski definition) is 1. The van der Waals surface area contributed by atoms with Crippen LogP contribution < -0.4 is 5.32 Å². The van der Waals surface area contributed by atoms with Crippen LogP contribution in [0, 0.1) is 0 Å². The Bertz CT molecular complexity index is 1030. The van der Waals surface area contributed by atoms with Crippen LogP contribution in [0.2, 0.25) is 0 Å². The van der Waals surface area contributed by atoms with Gasteiger partial charge in [0.2, 0.25) is 15.9 Å². The number of nitrogens with zero attached hydrogens (tertiary/aromatic N) is 1. The monoisotopic (exact) mass is 426 g/mol. The number of benzene rings is 2. The van der Waals surface area contributed by atoms with Crippen LogP contribution in [0.3, 0.4) is 0 Å². The Morgan fingerprint density at radius 1 is 0.966 bits per heavy atom. The summed E-state index contributed by atoms with van der Waals surface area (Å²) < 4.78 is 27.1. The minimum atomic E-state index is -3.79. The van der Waals surface area contributed by atoms with Crippen LogP contribution in [0.1, 0.15) is 16.0 Å². The molecule has 29 heavy (non-hydrogen) atoms. The Kier molecular flexibility index (Phi) is 7.35. The first-order valence-electron chi connectivity index (χ1n) is 9.09. The molecule has 0 aliphatic carbocycles. The molecule has 1 heterocycles. The molecule has 0 radical (unpaired) electrons. The number of rotatable bonds is 9. The van der Waals surface area contributed by atoms with Crippen molar-refractivity contribution in [1.29, 1.82) is 0 Å². The van der Waals surface area contributed by atoms with Gasteiger partial charge in [-0.15, -0.1) is 11.3 Å². The van der Waals surface area contributed by atoms with Crippen molar-refractivity contribution in [2.24, 2.45) is 0 Å². The molecule has 3 aromatic rings. The summed E-state index contributed by atoms with van der Waals surface area (Å²) in [6.45, 7) is 0.256. The van der Waals surface area contributed by atoms with Crippen molar-refractivity contribution in [1.82, 2.24) is 9.62 Å². The highest BCUT2D eigenvalue weighted by molar-refractivity contribution is 7.92. The summed E-state index contributed by atoms with van der Waals surface area (Å²) in [7, 11) is -3.79. The molecule has 2 aromatic carbocycles. The lowest BCUT2D eigenvalue weighted by molar-refractivity contribution is -0.121. The van der Waals surface area contributed by atoms with E-state index < -0.39 is 10.0 Å². The fourth-order valence-electron chi connectivity index (χ4n) is 2.65. The summed E-state index contributed by atoms with van der Waals surface area (Å²) in [6, 6.07) is 22.3. The quantitative estimate of drug-likeness (QED) is 0.565. The summed E-state index contributed by atoms with van der Waals surface area (Å²) in [5.41, 5.74) is 1.59.